The monoisotopic (exact) mass is 284 g/mol. The van der Waals surface area contributed by atoms with Gasteiger partial charge in [-0.1, -0.05) is 6.07 Å². The van der Waals surface area contributed by atoms with Crippen molar-refractivity contribution in [2.45, 2.75) is 0 Å². The molecule has 6 heteroatoms. The highest BCUT2D eigenvalue weighted by Gasteiger charge is 2.02. The molecular weight excluding hydrogens is 275 g/mol. The van der Waals surface area contributed by atoms with E-state index in [9.17, 15) is 4.39 Å². The van der Waals surface area contributed by atoms with Crippen molar-refractivity contribution in [1.29, 1.82) is 0 Å². The summed E-state index contributed by atoms with van der Waals surface area (Å²) in [5, 5.41) is 0. The fourth-order valence-corrected chi connectivity index (χ4v) is 1.17. The van der Waals surface area contributed by atoms with E-state index < -0.39 is 5.82 Å². The first kappa shape index (κ1) is 12.4. The Hall–Kier alpha value is -1.69. The Balaban J connectivity index is 3.00. The van der Waals surface area contributed by atoms with Gasteiger partial charge in [-0.3, -0.25) is 0 Å². The third-order valence-electron chi connectivity index (χ3n) is 1.75. The van der Waals surface area contributed by atoms with E-state index in [2.05, 4.69) is 32.6 Å². The molecule has 0 atom stereocenters. The zero-order chi connectivity index (χ0) is 12.1. The molecule has 0 aromatic heterocycles. The van der Waals surface area contributed by atoms with Crippen LogP contribution in [0, 0.1) is 5.82 Å². The Kier molecular flexibility index (Phi) is 4.19. The van der Waals surface area contributed by atoms with Crippen molar-refractivity contribution < 1.29 is 4.39 Å². The molecule has 16 heavy (non-hydrogen) atoms. The van der Waals surface area contributed by atoms with E-state index in [0.717, 1.165) is 0 Å². The first-order valence-electron chi connectivity index (χ1n) is 4.25. The fraction of sp³-hybridized carbons (Fsp3) is 0. The van der Waals surface area contributed by atoms with Crippen LogP contribution in [0.25, 0.3) is 5.70 Å². The van der Waals surface area contributed by atoms with Crippen molar-refractivity contribution in [2.24, 2.45) is 21.5 Å². The third-order valence-corrected chi connectivity index (χ3v) is 2.39. The van der Waals surface area contributed by atoms with Gasteiger partial charge in [0.25, 0.3) is 0 Å². The number of halogens is 2. The van der Waals surface area contributed by atoms with E-state index in [1.807, 2.05) is 0 Å². The van der Waals surface area contributed by atoms with Crippen LogP contribution in [-0.4, -0.2) is 12.7 Å². The molecule has 0 aliphatic heterocycles. The number of aliphatic imine (C=N–C) groups is 2. The third kappa shape index (κ3) is 3.16. The molecule has 0 saturated carbocycles. The smallest absolute Gasteiger partial charge is 0.219 e. The number of guanidine groups is 1. The second-order valence-electron chi connectivity index (χ2n) is 2.86. The molecule has 4 N–H and O–H groups in total. The summed E-state index contributed by atoms with van der Waals surface area (Å²) in [6.07, 6.45) is 1.30. The molecule has 0 unspecified atom stereocenters. The van der Waals surface area contributed by atoms with Crippen LogP contribution in [0.5, 0.6) is 0 Å². The van der Waals surface area contributed by atoms with Gasteiger partial charge in [-0.15, -0.1) is 0 Å². The van der Waals surface area contributed by atoms with Gasteiger partial charge in [0.1, 0.15) is 5.82 Å². The Labute approximate surface area is 101 Å². The minimum absolute atomic E-state index is 0.000494. The van der Waals surface area contributed by atoms with Crippen molar-refractivity contribution in [3.8, 4) is 0 Å². The molecule has 0 aliphatic rings. The Morgan fingerprint density at radius 2 is 2.12 bits per heavy atom. The Morgan fingerprint density at radius 3 is 2.69 bits per heavy atom. The molecule has 1 aromatic rings. The van der Waals surface area contributed by atoms with Crippen molar-refractivity contribution in [2.75, 3.05) is 0 Å². The van der Waals surface area contributed by atoms with Crippen LogP contribution in [0.15, 0.2) is 38.9 Å². The molecule has 84 valence electrons. The lowest BCUT2D eigenvalue weighted by molar-refractivity contribution is 0.620. The van der Waals surface area contributed by atoms with Crippen molar-refractivity contribution in [3.05, 3.63) is 40.3 Å². The van der Waals surface area contributed by atoms with Gasteiger partial charge in [0, 0.05) is 5.56 Å². The SMILES string of the molecule is C=NC(N)=N/C=C(\N)c1ccc(Br)c(F)c1. The van der Waals surface area contributed by atoms with Gasteiger partial charge in [0.2, 0.25) is 5.96 Å². The second kappa shape index (κ2) is 5.41. The molecule has 0 bridgehead atoms. The van der Waals surface area contributed by atoms with Crippen LogP contribution in [-0.2, 0) is 0 Å². The van der Waals surface area contributed by atoms with E-state index in [1.165, 1.54) is 12.3 Å². The summed E-state index contributed by atoms with van der Waals surface area (Å²) >= 11 is 3.05. The molecule has 0 radical (unpaired) electrons. The quantitative estimate of drug-likeness (QED) is 0.642. The molecule has 0 amide bonds. The largest absolute Gasteiger partial charge is 0.397 e. The van der Waals surface area contributed by atoms with Crippen LogP contribution in [0.1, 0.15) is 5.56 Å². The van der Waals surface area contributed by atoms with E-state index in [0.29, 0.717) is 10.0 Å². The van der Waals surface area contributed by atoms with Crippen LogP contribution < -0.4 is 11.5 Å². The molecule has 0 saturated heterocycles. The highest BCUT2D eigenvalue weighted by molar-refractivity contribution is 9.10. The number of hydrogen-bond acceptors (Lipinski definition) is 2. The lowest BCUT2D eigenvalue weighted by Gasteiger charge is -2.01. The van der Waals surface area contributed by atoms with Crippen LogP contribution >= 0.6 is 15.9 Å². The maximum absolute atomic E-state index is 13.2. The zero-order valence-corrected chi connectivity index (χ0v) is 9.91. The highest BCUT2D eigenvalue weighted by atomic mass is 79.9. The summed E-state index contributed by atoms with van der Waals surface area (Å²) in [5.41, 5.74) is 11.8. The zero-order valence-electron chi connectivity index (χ0n) is 8.32. The average Bonchev–Trinajstić information content (AvgIpc) is 2.29. The van der Waals surface area contributed by atoms with Gasteiger partial charge in [-0.05, 0) is 34.8 Å². The Morgan fingerprint density at radius 1 is 1.44 bits per heavy atom. The predicted octanol–water partition coefficient (Wildman–Crippen LogP) is 1.86. The summed E-state index contributed by atoms with van der Waals surface area (Å²) in [5.74, 6) is -0.395. The van der Waals surface area contributed by atoms with E-state index >= 15 is 0 Å². The molecule has 4 nitrogen and oxygen atoms in total. The summed E-state index contributed by atoms with van der Waals surface area (Å²) in [4.78, 5) is 7.10. The van der Waals surface area contributed by atoms with Crippen molar-refractivity contribution in [3.63, 3.8) is 0 Å². The molecule has 1 aromatic carbocycles. The highest BCUT2D eigenvalue weighted by Crippen LogP contribution is 2.19. The fourth-order valence-electron chi connectivity index (χ4n) is 0.927. The number of hydrogen-bond donors (Lipinski definition) is 2. The summed E-state index contributed by atoms with van der Waals surface area (Å²) < 4.78 is 13.6. The van der Waals surface area contributed by atoms with E-state index in [4.69, 9.17) is 11.5 Å². The lowest BCUT2D eigenvalue weighted by Crippen LogP contribution is -2.06. The van der Waals surface area contributed by atoms with Gasteiger partial charge in [0.05, 0.1) is 16.4 Å². The minimum atomic E-state index is -0.396. The van der Waals surface area contributed by atoms with Gasteiger partial charge in [0.15, 0.2) is 0 Å². The first-order chi connectivity index (χ1) is 7.54. The van der Waals surface area contributed by atoms with Gasteiger partial charge in [-0.25, -0.2) is 14.4 Å². The van der Waals surface area contributed by atoms with Gasteiger partial charge < -0.3 is 11.5 Å². The maximum atomic E-state index is 13.2. The van der Waals surface area contributed by atoms with E-state index in [-0.39, 0.29) is 11.7 Å². The average molecular weight is 285 g/mol. The van der Waals surface area contributed by atoms with Gasteiger partial charge in [-0.2, -0.15) is 0 Å². The van der Waals surface area contributed by atoms with Crippen molar-refractivity contribution in [1.82, 2.24) is 0 Å². The summed E-state index contributed by atoms with van der Waals surface area (Å²) in [6, 6.07) is 4.51. The van der Waals surface area contributed by atoms with Crippen LogP contribution in [0.2, 0.25) is 0 Å². The summed E-state index contributed by atoms with van der Waals surface area (Å²) in [7, 11) is 0. The van der Waals surface area contributed by atoms with Gasteiger partial charge >= 0.3 is 0 Å². The van der Waals surface area contributed by atoms with Crippen LogP contribution in [0.4, 0.5) is 4.39 Å². The minimum Gasteiger partial charge on any atom is -0.397 e. The molecule has 0 fully saturated rings. The standard InChI is InChI=1S/C10H10BrFN4/c1-15-10(14)16-5-9(13)6-2-3-7(11)8(12)4-6/h2-5H,1,13H2,(H2,14,16)/b9-5-. The topological polar surface area (TPSA) is 76.8 Å². The number of rotatable bonds is 2. The Bertz CT molecular complexity index is 468. The predicted molar refractivity (Wildman–Crippen MR) is 67.4 cm³/mol. The molecular formula is C10H10BrFN4. The van der Waals surface area contributed by atoms with Crippen LogP contribution in [0.3, 0.4) is 0 Å². The lowest BCUT2D eigenvalue weighted by atomic mass is 10.2. The summed E-state index contributed by atoms with van der Waals surface area (Å²) in [6.45, 7) is 3.19. The molecule has 0 aliphatic carbocycles. The molecule has 0 spiro atoms. The maximum Gasteiger partial charge on any atom is 0.219 e. The van der Waals surface area contributed by atoms with E-state index in [1.54, 1.807) is 12.1 Å². The second-order valence-corrected chi connectivity index (χ2v) is 3.71. The number of nitrogens with two attached hydrogens (primary N) is 2. The first-order valence-corrected chi connectivity index (χ1v) is 5.05. The molecule has 1 rings (SSSR count). The van der Waals surface area contributed by atoms with Crippen molar-refractivity contribution >= 4 is 34.3 Å². The molecule has 0 heterocycles. The number of nitrogens with zero attached hydrogens (tertiary/aromatic N) is 2. The normalized spacial score (nSPS) is 12.6. The number of benzene rings is 1.